The Morgan fingerprint density at radius 3 is 2.42 bits per heavy atom. The van der Waals surface area contributed by atoms with Crippen LogP contribution in [-0.2, 0) is 19.7 Å². The minimum Gasteiger partial charge on any atom is -0.317 e. The molecule has 0 radical (unpaired) electrons. The molecule has 2 aromatic heterocycles. The highest BCUT2D eigenvalue weighted by molar-refractivity contribution is 7.92. The van der Waals surface area contributed by atoms with Crippen molar-refractivity contribution in [2.24, 2.45) is 0 Å². The lowest BCUT2D eigenvalue weighted by molar-refractivity contribution is 0.493. The zero-order valence-electron chi connectivity index (χ0n) is 17.0. The minimum atomic E-state index is -3.55. The maximum Gasteiger partial charge on any atom is 0.175 e. The summed E-state index contributed by atoms with van der Waals surface area (Å²) < 4.78 is 51.6. The van der Waals surface area contributed by atoms with E-state index >= 15 is 0 Å². The second-order valence-electron chi connectivity index (χ2n) is 7.51. The fourth-order valence-electron chi connectivity index (χ4n) is 3.85. The van der Waals surface area contributed by atoms with Gasteiger partial charge in [0.1, 0.15) is 11.6 Å². The molecular weight excluding hydrogens is 438 g/mol. The Kier molecular flexibility index (Phi) is 5.67. The van der Waals surface area contributed by atoms with Gasteiger partial charge in [-0.15, -0.1) is 6.58 Å². The Bertz CT molecular complexity index is 1330. The molecule has 1 unspecified atom stereocenters. The van der Waals surface area contributed by atoms with Crippen LogP contribution in [0.5, 0.6) is 0 Å². The molecule has 0 bridgehead atoms. The van der Waals surface area contributed by atoms with E-state index in [2.05, 4.69) is 27.0 Å². The van der Waals surface area contributed by atoms with E-state index in [4.69, 9.17) is 0 Å². The van der Waals surface area contributed by atoms with Crippen molar-refractivity contribution in [3.05, 3.63) is 55.1 Å². The lowest BCUT2D eigenvalue weighted by atomic mass is 10.2. The van der Waals surface area contributed by atoms with Gasteiger partial charge in [-0.3, -0.25) is 0 Å². The summed E-state index contributed by atoms with van der Waals surface area (Å²) in [5, 5.41) is 6.62. The van der Waals surface area contributed by atoms with Gasteiger partial charge in [-0.1, -0.05) is 6.08 Å². The average molecular weight is 462 g/mol. The van der Waals surface area contributed by atoms with Crippen LogP contribution >= 0.6 is 0 Å². The van der Waals surface area contributed by atoms with Gasteiger partial charge in [-0.05, 0) is 50.2 Å². The van der Waals surface area contributed by atoms with Crippen LogP contribution in [-0.4, -0.2) is 61.2 Å². The smallest absolute Gasteiger partial charge is 0.175 e. The van der Waals surface area contributed by atoms with Crippen molar-refractivity contribution in [1.82, 2.24) is 25.1 Å². The molecule has 1 aromatic carbocycles. The molecule has 31 heavy (non-hydrogen) atoms. The number of rotatable bonds is 6. The molecule has 0 saturated carbocycles. The molecule has 1 atom stereocenters. The Morgan fingerprint density at radius 2 is 1.81 bits per heavy atom. The summed E-state index contributed by atoms with van der Waals surface area (Å²) in [6.07, 6.45) is 6.50. The summed E-state index contributed by atoms with van der Waals surface area (Å²) in [7, 11) is -6.87. The number of benzene rings is 1. The second-order valence-corrected chi connectivity index (χ2v) is 11.9. The number of hydrogen-bond donors (Lipinski definition) is 1. The summed E-state index contributed by atoms with van der Waals surface area (Å²) in [6, 6.07) is 6.24. The van der Waals surface area contributed by atoms with Gasteiger partial charge in [0.05, 0.1) is 33.1 Å². The Morgan fingerprint density at radius 1 is 1.13 bits per heavy atom. The molecule has 1 fully saturated rings. The molecule has 11 heteroatoms. The molecule has 1 aliphatic rings. The highest BCUT2D eigenvalue weighted by Crippen LogP contribution is 2.33. The summed E-state index contributed by atoms with van der Waals surface area (Å²) in [5.41, 5.74) is 1.38. The van der Waals surface area contributed by atoms with Gasteiger partial charge >= 0.3 is 0 Å². The van der Waals surface area contributed by atoms with Crippen LogP contribution in [0.3, 0.4) is 0 Å². The van der Waals surface area contributed by atoms with Gasteiger partial charge in [0.15, 0.2) is 25.3 Å². The van der Waals surface area contributed by atoms with Crippen LogP contribution in [0.1, 0.15) is 23.8 Å². The van der Waals surface area contributed by atoms with Crippen molar-refractivity contribution in [3.63, 3.8) is 0 Å². The molecule has 9 nitrogen and oxygen atoms in total. The van der Waals surface area contributed by atoms with Crippen LogP contribution in [0.4, 0.5) is 0 Å². The molecule has 3 heterocycles. The molecule has 4 rings (SSSR count). The average Bonchev–Trinajstić information content (AvgIpc) is 3.19. The molecular formula is C20H23N5O4S2. The predicted molar refractivity (Wildman–Crippen MR) is 118 cm³/mol. The first kappa shape index (κ1) is 21.6. The van der Waals surface area contributed by atoms with E-state index in [1.54, 1.807) is 12.1 Å². The van der Waals surface area contributed by atoms with Crippen molar-refractivity contribution >= 4 is 30.7 Å². The van der Waals surface area contributed by atoms with Crippen molar-refractivity contribution < 1.29 is 16.8 Å². The number of nitrogens with zero attached hydrogens (tertiary/aromatic N) is 4. The summed E-state index contributed by atoms with van der Waals surface area (Å²) in [6.45, 7) is 5.09. The maximum atomic E-state index is 13.3. The van der Waals surface area contributed by atoms with Gasteiger partial charge in [0.25, 0.3) is 0 Å². The van der Waals surface area contributed by atoms with Crippen molar-refractivity contribution in [3.8, 4) is 5.69 Å². The van der Waals surface area contributed by atoms with E-state index in [1.807, 2.05) is 0 Å². The first-order valence-electron chi connectivity index (χ1n) is 9.78. The van der Waals surface area contributed by atoms with Gasteiger partial charge in [-0.2, -0.15) is 5.10 Å². The quantitative estimate of drug-likeness (QED) is 0.549. The number of aromatic nitrogens is 4. The molecule has 0 amide bonds. The fraction of sp³-hybridized carbons (Fsp3) is 0.350. The largest absolute Gasteiger partial charge is 0.317 e. The zero-order valence-corrected chi connectivity index (χ0v) is 18.6. The van der Waals surface area contributed by atoms with Crippen LogP contribution < -0.4 is 5.32 Å². The lowest BCUT2D eigenvalue weighted by Crippen LogP contribution is -2.37. The first-order chi connectivity index (χ1) is 14.7. The molecule has 3 aromatic rings. The van der Waals surface area contributed by atoms with E-state index in [9.17, 15) is 16.8 Å². The third-order valence-electron chi connectivity index (χ3n) is 5.49. The topological polar surface area (TPSA) is 124 Å². The number of fused-ring (bicyclic) bond motifs is 1. The Hall–Kier alpha value is -2.63. The Balaban J connectivity index is 1.77. The van der Waals surface area contributed by atoms with E-state index in [1.165, 1.54) is 35.4 Å². The fourth-order valence-corrected chi connectivity index (χ4v) is 6.55. The second kappa shape index (κ2) is 8.13. The highest BCUT2D eigenvalue weighted by atomic mass is 32.2. The number of sulfone groups is 2. The molecule has 1 aliphatic heterocycles. The van der Waals surface area contributed by atoms with Gasteiger partial charge in [0.2, 0.25) is 0 Å². The summed E-state index contributed by atoms with van der Waals surface area (Å²) >= 11 is 0. The normalized spacial score (nSPS) is 16.9. The lowest BCUT2D eigenvalue weighted by Gasteiger charge is -2.26. The summed E-state index contributed by atoms with van der Waals surface area (Å²) in [4.78, 5) is 8.77. The molecule has 0 spiro atoms. The van der Waals surface area contributed by atoms with E-state index < -0.39 is 30.2 Å². The van der Waals surface area contributed by atoms with E-state index in [-0.39, 0.29) is 4.90 Å². The number of hydrogen-bond acceptors (Lipinski definition) is 8. The van der Waals surface area contributed by atoms with Crippen molar-refractivity contribution in [2.45, 2.75) is 28.2 Å². The first-order valence-corrected chi connectivity index (χ1v) is 13.3. The van der Waals surface area contributed by atoms with Crippen LogP contribution in [0.15, 0.2) is 54.3 Å². The number of nitrogens with one attached hydrogen (secondary N) is 1. The standard InChI is InChI=1S/C20H23N5O4S2/c1-3-18(31(28,29)16-8-10-21-11-9-16)19-17-12-24-25(20(17)23-13-22-19)14-4-6-15(7-5-14)30(2,26)27/h3-7,12-13,16,18,21H,1,8-11H2,2H3. The van der Waals surface area contributed by atoms with E-state index in [0.29, 0.717) is 48.3 Å². The van der Waals surface area contributed by atoms with Crippen LogP contribution in [0.2, 0.25) is 0 Å². The van der Waals surface area contributed by atoms with Crippen LogP contribution in [0.25, 0.3) is 16.7 Å². The SMILES string of the molecule is C=CC(c1ncnc2c1cnn2-c1ccc(S(C)(=O)=O)cc1)S(=O)(=O)C1CCNCC1. The van der Waals surface area contributed by atoms with Crippen molar-refractivity contribution in [2.75, 3.05) is 19.3 Å². The third-order valence-corrected chi connectivity index (χ3v) is 9.15. The molecule has 1 N–H and O–H groups in total. The van der Waals surface area contributed by atoms with Gasteiger partial charge in [-0.25, -0.2) is 31.5 Å². The van der Waals surface area contributed by atoms with E-state index in [0.717, 1.165) is 6.26 Å². The monoisotopic (exact) mass is 461 g/mol. The Labute approximate surface area is 181 Å². The minimum absolute atomic E-state index is 0.197. The van der Waals surface area contributed by atoms with Crippen LogP contribution in [0, 0.1) is 0 Å². The van der Waals surface area contributed by atoms with Crippen molar-refractivity contribution in [1.29, 1.82) is 0 Å². The molecule has 164 valence electrons. The van der Waals surface area contributed by atoms with Gasteiger partial charge < -0.3 is 5.32 Å². The maximum absolute atomic E-state index is 13.3. The third kappa shape index (κ3) is 4.00. The zero-order chi connectivity index (χ0) is 22.2. The molecule has 0 aliphatic carbocycles. The number of piperidine rings is 1. The molecule has 1 saturated heterocycles. The summed E-state index contributed by atoms with van der Waals surface area (Å²) in [5.74, 6) is 0. The highest BCUT2D eigenvalue weighted by Gasteiger charge is 2.36. The van der Waals surface area contributed by atoms with Gasteiger partial charge in [0, 0.05) is 6.26 Å². The predicted octanol–water partition coefficient (Wildman–Crippen LogP) is 1.61.